The molecule has 4 atom stereocenters. The minimum absolute atomic E-state index is 0.0603. The molecular weight excluding hydrogens is 274 g/mol. The molecule has 0 amide bonds. The van der Waals surface area contributed by atoms with Gasteiger partial charge < -0.3 is 14.9 Å². The third kappa shape index (κ3) is 3.05. The van der Waals surface area contributed by atoms with Gasteiger partial charge in [0.05, 0.1) is 24.9 Å². The van der Waals surface area contributed by atoms with Crippen LogP contribution >= 0.6 is 0 Å². The average molecular weight is 297 g/mol. The number of hydrogen-bond acceptors (Lipinski definition) is 4. The Morgan fingerprint density at radius 3 is 2.57 bits per heavy atom. The summed E-state index contributed by atoms with van der Waals surface area (Å²) < 4.78 is 4.92. The van der Waals surface area contributed by atoms with E-state index in [1.54, 1.807) is 0 Å². The molecule has 0 aromatic carbocycles. The number of rotatable bonds is 5. The molecule has 0 spiro atoms. The van der Waals surface area contributed by atoms with Crippen LogP contribution in [0.25, 0.3) is 0 Å². The van der Waals surface area contributed by atoms with Gasteiger partial charge in [0.2, 0.25) is 0 Å². The topological polar surface area (TPSA) is 87.1 Å². The van der Waals surface area contributed by atoms with Crippen LogP contribution in [0.4, 0.5) is 0 Å². The van der Waals surface area contributed by atoms with Crippen molar-refractivity contribution in [1.29, 1.82) is 0 Å². The number of carboxylic acid groups (broad SMARTS) is 2. The molecule has 2 rings (SSSR count). The second-order valence-corrected chi connectivity index (χ2v) is 5.92. The molecule has 4 unspecified atom stereocenters. The zero-order chi connectivity index (χ0) is 15.6. The molecule has 118 valence electrons. The molecule has 0 radical (unpaired) electrons. The Hall–Kier alpha value is -1.56. The number of methoxy groups -OCH3 is 1. The molecule has 2 heterocycles. The van der Waals surface area contributed by atoms with Gasteiger partial charge in [-0.3, -0.25) is 9.69 Å². The third-order valence-electron chi connectivity index (χ3n) is 4.93. The van der Waals surface area contributed by atoms with Crippen LogP contribution in [-0.2, 0) is 14.3 Å². The maximum absolute atomic E-state index is 11.5. The van der Waals surface area contributed by atoms with Crippen molar-refractivity contribution >= 4 is 11.9 Å². The third-order valence-corrected chi connectivity index (χ3v) is 4.93. The lowest BCUT2D eigenvalue weighted by Gasteiger charge is -2.41. The summed E-state index contributed by atoms with van der Waals surface area (Å²) in [6.07, 6.45) is 3.41. The number of carbonyl (C=O) groups is 2. The summed E-state index contributed by atoms with van der Waals surface area (Å²) in [5.74, 6) is -2.05. The van der Waals surface area contributed by atoms with Gasteiger partial charge in [0.15, 0.2) is 0 Å². The van der Waals surface area contributed by atoms with E-state index < -0.39 is 11.9 Å². The summed E-state index contributed by atoms with van der Waals surface area (Å²) in [5.41, 5.74) is 0.264. The number of aliphatic carboxylic acids is 2. The molecule has 0 saturated carbocycles. The zero-order valence-corrected chi connectivity index (χ0v) is 12.5. The van der Waals surface area contributed by atoms with Crippen LogP contribution in [0, 0.1) is 17.8 Å². The standard InChI is InChI=1S/C15H23NO5/c1-3-9-7-16-5-4-10(14(17)18)13(16)6-11(9)12(8-21-2)15(19)20/h8-11,13H,3-7H2,1-2H3,(H,17,18)(H,19,20)/b12-8-. The molecule has 2 N–H and O–H groups in total. The molecular formula is C15H23NO5. The van der Waals surface area contributed by atoms with E-state index in [4.69, 9.17) is 4.74 Å². The first-order valence-electron chi connectivity index (χ1n) is 7.42. The molecule has 6 heteroatoms. The van der Waals surface area contributed by atoms with Crippen molar-refractivity contribution in [2.45, 2.75) is 32.2 Å². The predicted molar refractivity (Wildman–Crippen MR) is 75.7 cm³/mol. The maximum atomic E-state index is 11.5. The highest BCUT2D eigenvalue weighted by Gasteiger charge is 2.46. The number of ether oxygens (including phenoxy) is 1. The first-order chi connectivity index (χ1) is 9.99. The molecule has 21 heavy (non-hydrogen) atoms. The molecule has 2 aliphatic heterocycles. The van der Waals surface area contributed by atoms with Gasteiger partial charge >= 0.3 is 11.9 Å². The van der Waals surface area contributed by atoms with Crippen LogP contribution < -0.4 is 0 Å². The summed E-state index contributed by atoms with van der Waals surface area (Å²) in [5, 5.41) is 18.7. The van der Waals surface area contributed by atoms with Gasteiger partial charge in [-0.15, -0.1) is 0 Å². The Kier molecular flexibility index (Phi) is 4.88. The number of nitrogens with zero attached hydrogens (tertiary/aromatic N) is 1. The quantitative estimate of drug-likeness (QED) is 0.589. The van der Waals surface area contributed by atoms with Crippen LogP contribution in [0.5, 0.6) is 0 Å². The molecule has 0 bridgehead atoms. The number of fused-ring (bicyclic) bond motifs is 1. The van der Waals surface area contributed by atoms with Crippen LogP contribution in [0.15, 0.2) is 11.8 Å². The Morgan fingerprint density at radius 1 is 1.33 bits per heavy atom. The molecule has 2 fully saturated rings. The lowest BCUT2D eigenvalue weighted by molar-refractivity contribution is -0.143. The van der Waals surface area contributed by atoms with Gasteiger partial charge in [-0.1, -0.05) is 13.3 Å². The van der Waals surface area contributed by atoms with E-state index in [0.717, 1.165) is 19.5 Å². The SMILES string of the molecule is CCC1CN2CCC(C(=O)O)C2CC1/C(=C/OC)C(=O)O. The lowest BCUT2D eigenvalue weighted by Crippen LogP contribution is -2.47. The highest BCUT2D eigenvalue weighted by Crippen LogP contribution is 2.41. The second kappa shape index (κ2) is 6.47. The minimum Gasteiger partial charge on any atom is -0.504 e. The van der Waals surface area contributed by atoms with Crippen molar-refractivity contribution in [1.82, 2.24) is 4.90 Å². The molecule has 0 aliphatic carbocycles. The molecule has 0 aromatic heterocycles. The fourth-order valence-corrected chi connectivity index (χ4v) is 3.84. The summed E-state index contributed by atoms with van der Waals surface area (Å²) in [6.45, 7) is 3.61. The predicted octanol–water partition coefficient (Wildman–Crippen LogP) is 1.42. The largest absolute Gasteiger partial charge is 0.504 e. The number of piperidine rings is 1. The molecule has 0 aromatic rings. The van der Waals surface area contributed by atoms with Gasteiger partial charge in [-0.25, -0.2) is 4.79 Å². The van der Waals surface area contributed by atoms with Crippen molar-refractivity contribution in [2.75, 3.05) is 20.2 Å². The highest BCUT2D eigenvalue weighted by atomic mass is 16.5. The van der Waals surface area contributed by atoms with Gasteiger partial charge in [0.1, 0.15) is 0 Å². The lowest BCUT2D eigenvalue weighted by atomic mass is 9.75. The Morgan fingerprint density at radius 2 is 2.05 bits per heavy atom. The Bertz CT molecular complexity index is 447. The van der Waals surface area contributed by atoms with Gasteiger partial charge in [0.25, 0.3) is 0 Å². The zero-order valence-electron chi connectivity index (χ0n) is 12.5. The molecule has 2 saturated heterocycles. The van der Waals surface area contributed by atoms with Crippen molar-refractivity contribution < 1.29 is 24.5 Å². The fourth-order valence-electron chi connectivity index (χ4n) is 3.84. The van der Waals surface area contributed by atoms with Crippen LogP contribution in [0.3, 0.4) is 0 Å². The van der Waals surface area contributed by atoms with E-state index in [2.05, 4.69) is 11.8 Å². The van der Waals surface area contributed by atoms with Crippen molar-refractivity contribution in [2.24, 2.45) is 17.8 Å². The van der Waals surface area contributed by atoms with E-state index in [-0.39, 0.29) is 29.4 Å². The molecule has 2 aliphatic rings. The fraction of sp³-hybridized carbons (Fsp3) is 0.733. The van der Waals surface area contributed by atoms with Gasteiger partial charge in [0, 0.05) is 12.6 Å². The van der Waals surface area contributed by atoms with Gasteiger partial charge in [-0.2, -0.15) is 0 Å². The number of carboxylic acids is 2. The second-order valence-electron chi connectivity index (χ2n) is 5.92. The molecule has 6 nitrogen and oxygen atoms in total. The van der Waals surface area contributed by atoms with E-state index in [1.807, 2.05) is 0 Å². The van der Waals surface area contributed by atoms with Crippen LogP contribution in [0.1, 0.15) is 26.2 Å². The van der Waals surface area contributed by atoms with Crippen molar-refractivity contribution in [3.05, 3.63) is 11.8 Å². The smallest absolute Gasteiger partial charge is 0.334 e. The van der Waals surface area contributed by atoms with E-state index in [1.165, 1.54) is 13.4 Å². The van der Waals surface area contributed by atoms with Crippen molar-refractivity contribution in [3.63, 3.8) is 0 Å². The van der Waals surface area contributed by atoms with Gasteiger partial charge in [-0.05, 0) is 31.2 Å². The summed E-state index contributed by atoms with van der Waals surface area (Å²) in [4.78, 5) is 25.1. The first-order valence-corrected chi connectivity index (χ1v) is 7.42. The normalized spacial score (nSPS) is 33.5. The summed E-state index contributed by atoms with van der Waals surface area (Å²) >= 11 is 0. The Balaban J connectivity index is 2.25. The van der Waals surface area contributed by atoms with E-state index in [9.17, 15) is 19.8 Å². The average Bonchev–Trinajstić information content (AvgIpc) is 2.85. The maximum Gasteiger partial charge on any atom is 0.334 e. The van der Waals surface area contributed by atoms with E-state index >= 15 is 0 Å². The monoisotopic (exact) mass is 297 g/mol. The summed E-state index contributed by atoms with van der Waals surface area (Å²) in [6, 6.07) is -0.0603. The van der Waals surface area contributed by atoms with E-state index in [0.29, 0.717) is 12.8 Å². The highest BCUT2D eigenvalue weighted by molar-refractivity contribution is 5.87. The summed E-state index contributed by atoms with van der Waals surface area (Å²) in [7, 11) is 1.44. The van der Waals surface area contributed by atoms with Crippen molar-refractivity contribution in [3.8, 4) is 0 Å². The number of hydrogen-bond donors (Lipinski definition) is 2. The minimum atomic E-state index is -0.973. The Labute approximate surface area is 124 Å². The van der Waals surface area contributed by atoms with Crippen LogP contribution in [-0.4, -0.2) is 53.3 Å². The van der Waals surface area contributed by atoms with Crippen LogP contribution in [0.2, 0.25) is 0 Å². The first kappa shape index (κ1) is 15.8.